The van der Waals surface area contributed by atoms with Gasteiger partial charge in [-0.25, -0.2) is 13.2 Å². The summed E-state index contributed by atoms with van der Waals surface area (Å²) < 4.78 is 42.1. The first kappa shape index (κ1) is 19.7. The zero-order valence-electron chi connectivity index (χ0n) is 16.1. The van der Waals surface area contributed by atoms with Crippen molar-refractivity contribution in [3.8, 4) is 0 Å². The van der Waals surface area contributed by atoms with Crippen molar-refractivity contribution in [2.24, 2.45) is 5.92 Å². The number of hydrogen-bond acceptors (Lipinski definition) is 0. The number of rotatable bonds is 5. The van der Waals surface area contributed by atoms with Gasteiger partial charge in [-0.15, -0.1) is 0 Å². The first-order valence-electron chi connectivity index (χ1n) is 9.90. The maximum absolute atomic E-state index is 14.2. The zero-order chi connectivity index (χ0) is 19.4. The molecule has 2 aromatic carbocycles. The third kappa shape index (κ3) is 4.63. The van der Waals surface area contributed by atoms with Crippen LogP contribution in [0.2, 0.25) is 0 Å². The molecule has 0 amide bonds. The lowest BCUT2D eigenvalue weighted by Crippen LogP contribution is -2.12. The van der Waals surface area contributed by atoms with E-state index in [1.54, 1.807) is 31.2 Å². The molecule has 1 aliphatic rings. The summed E-state index contributed by atoms with van der Waals surface area (Å²) in [6.07, 6.45) is 9.00. The normalized spacial score (nSPS) is 20.3. The first-order valence-corrected chi connectivity index (χ1v) is 9.90. The molecule has 27 heavy (non-hydrogen) atoms. The van der Waals surface area contributed by atoms with E-state index >= 15 is 0 Å². The maximum Gasteiger partial charge on any atom is 0.166 e. The van der Waals surface area contributed by atoms with E-state index < -0.39 is 11.6 Å². The van der Waals surface area contributed by atoms with Crippen LogP contribution in [0.5, 0.6) is 0 Å². The summed E-state index contributed by atoms with van der Waals surface area (Å²) in [6.45, 7) is 3.73. The summed E-state index contributed by atoms with van der Waals surface area (Å²) >= 11 is 0. The van der Waals surface area contributed by atoms with E-state index in [0.717, 1.165) is 37.7 Å². The van der Waals surface area contributed by atoms with E-state index in [0.29, 0.717) is 34.9 Å². The fraction of sp³-hybridized carbons (Fsp3) is 0.417. The van der Waals surface area contributed by atoms with Gasteiger partial charge >= 0.3 is 0 Å². The molecule has 1 saturated carbocycles. The molecule has 0 aromatic heterocycles. The molecule has 1 fully saturated rings. The second-order valence-corrected chi connectivity index (χ2v) is 7.67. The highest BCUT2D eigenvalue weighted by Crippen LogP contribution is 2.37. The summed E-state index contributed by atoms with van der Waals surface area (Å²) in [6, 6.07) is 8.88. The molecule has 0 N–H and O–H groups in total. The SMILES string of the molecule is CCCc1ccc(/C=C/C2CCC(c3ccc(C)c(F)c3)CC2)c(F)c1F. The van der Waals surface area contributed by atoms with Gasteiger partial charge in [0.05, 0.1) is 0 Å². The minimum atomic E-state index is -0.749. The highest BCUT2D eigenvalue weighted by Gasteiger charge is 2.21. The van der Waals surface area contributed by atoms with Crippen LogP contribution in [0.15, 0.2) is 36.4 Å². The van der Waals surface area contributed by atoms with E-state index in [1.165, 1.54) is 0 Å². The Balaban J connectivity index is 1.62. The van der Waals surface area contributed by atoms with Crippen molar-refractivity contribution in [3.05, 3.63) is 76.1 Å². The van der Waals surface area contributed by atoms with Crippen LogP contribution in [0.3, 0.4) is 0 Å². The standard InChI is InChI=1S/C24H27F3/c1-3-4-19-13-14-20(24(27)23(19)26)12-8-17-6-10-18(11-7-17)21-9-5-16(2)22(25)15-21/h5,8-9,12-15,17-18H,3-4,6-7,10-11H2,1-2H3/b12-8+. The number of halogens is 3. The Morgan fingerprint density at radius 1 is 0.963 bits per heavy atom. The lowest BCUT2D eigenvalue weighted by molar-refractivity contribution is 0.376. The Kier molecular flexibility index (Phi) is 6.41. The Morgan fingerprint density at radius 3 is 2.37 bits per heavy atom. The maximum atomic E-state index is 14.2. The van der Waals surface area contributed by atoms with Gasteiger partial charge in [0.2, 0.25) is 0 Å². The molecule has 0 atom stereocenters. The highest BCUT2D eigenvalue weighted by atomic mass is 19.2. The van der Waals surface area contributed by atoms with Crippen molar-refractivity contribution in [2.45, 2.75) is 58.3 Å². The minimum Gasteiger partial charge on any atom is -0.207 e. The van der Waals surface area contributed by atoms with E-state index in [2.05, 4.69) is 0 Å². The number of benzene rings is 2. The molecule has 0 unspecified atom stereocenters. The summed E-state index contributed by atoms with van der Waals surface area (Å²) in [4.78, 5) is 0. The smallest absolute Gasteiger partial charge is 0.166 e. The van der Waals surface area contributed by atoms with Crippen LogP contribution >= 0.6 is 0 Å². The fourth-order valence-electron chi connectivity index (χ4n) is 3.94. The summed E-state index contributed by atoms with van der Waals surface area (Å²) in [5.41, 5.74) is 2.50. The summed E-state index contributed by atoms with van der Waals surface area (Å²) in [5, 5.41) is 0. The first-order chi connectivity index (χ1) is 13.0. The Labute approximate surface area is 160 Å². The van der Waals surface area contributed by atoms with Gasteiger partial charge in [0.15, 0.2) is 11.6 Å². The molecule has 0 spiro atoms. The van der Waals surface area contributed by atoms with Gasteiger partial charge < -0.3 is 0 Å². The summed E-state index contributed by atoms with van der Waals surface area (Å²) in [5.74, 6) is -0.870. The largest absolute Gasteiger partial charge is 0.207 e. The monoisotopic (exact) mass is 372 g/mol. The van der Waals surface area contributed by atoms with Crippen molar-refractivity contribution in [2.75, 3.05) is 0 Å². The van der Waals surface area contributed by atoms with Crippen molar-refractivity contribution in [1.82, 2.24) is 0 Å². The molecule has 2 aromatic rings. The summed E-state index contributed by atoms with van der Waals surface area (Å²) in [7, 11) is 0. The molecule has 3 heteroatoms. The topological polar surface area (TPSA) is 0 Å². The van der Waals surface area contributed by atoms with Crippen LogP contribution in [0.1, 0.15) is 67.2 Å². The lowest BCUT2D eigenvalue weighted by Gasteiger charge is -2.27. The average molecular weight is 372 g/mol. The predicted octanol–water partition coefficient (Wildman–Crippen LogP) is 7.35. The van der Waals surface area contributed by atoms with Gasteiger partial charge in [0, 0.05) is 5.56 Å². The van der Waals surface area contributed by atoms with E-state index in [4.69, 9.17) is 0 Å². The molecular weight excluding hydrogens is 345 g/mol. The van der Waals surface area contributed by atoms with Gasteiger partial charge in [0.25, 0.3) is 0 Å². The molecule has 0 aliphatic heterocycles. The number of aryl methyl sites for hydroxylation is 2. The second kappa shape index (κ2) is 8.77. The molecule has 0 saturated heterocycles. The third-order valence-corrected chi connectivity index (χ3v) is 5.70. The van der Waals surface area contributed by atoms with Crippen LogP contribution in [-0.4, -0.2) is 0 Å². The lowest BCUT2D eigenvalue weighted by atomic mass is 9.78. The molecule has 0 radical (unpaired) electrons. The van der Waals surface area contributed by atoms with Crippen LogP contribution < -0.4 is 0 Å². The van der Waals surface area contributed by atoms with Crippen molar-refractivity contribution in [3.63, 3.8) is 0 Å². The third-order valence-electron chi connectivity index (χ3n) is 5.70. The van der Waals surface area contributed by atoms with E-state index in [1.807, 2.05) is 25.1 Å². The van der Waals surface area contributed by atoms with Crippen LogP contribution in [0.4, 0.5) is 13.2 Å². The average Bonchev–Trinajstić information content (AvgIpc) is 2.68. The Hall–Kier alpha value is -2.03. The fourth-order valence-corrected chi connectivity index (χ4v) is 3.94. The van der Waals surface area contributed by atoms with Crippen LogP contribution in [0.25, 0.3) is 6.08 Å². The molecule has 3 rings (SSSR count). The van der Waals surface area contributed by atoms with E-state index in [9.17, 15) is 13.2 Å². The highest BCUT2D eigenvalue weighted by molar-refractivity contribution is 5.51. The molecular formula is C24H27F3. The van der Waals surface area contributed by atoms with Crippen LogP contribution in [0, 0.1) is 30.3 Å². The zero-order valence-corrected chi connectivity index (χ0v) is 16.1. The Morgan fingerprint density at radius 2 is 1.70 bits per heavy atom. The van der Waals surface area contributed by atoms with E-state index in [-0.39, 0.29) is 5.82 Å². The predicted molar refractivity (Wildman–Crippen MR) is 105 cm³/mol. The van der Waals surface area contributed by atoms with Gasteiger partial charge in [-0.05, 0) is 73.6 Å². The molecule has 0 bridgehead atoms. The minimum absolute atomic E-state index is 0.140. The van der Waals surface area contributed by atoms with Crippen molar-refractivity contribution in [1.29, 1.82) is 0 Å². The van der Waals surface area contributed by atoms with Crippen molar-refractivity contribution >= 4 is 6.08 Å². The quantitative estimate of drug-likeness (QED) is 0.514. The number of hydrogen-bond donors (Lipinski definition) is 0. The molecule has 144 valence electrons. The van der Waals surface area contributed by atoms with Gasteiger partial charge in [-0.1, -0.05) is 49.8 Å². The molecule has 1 aliphatic carbocycles. The van der Waals surface area contributed by atoms with Gasteiger partial charge in [0.1, 0.15) is 5.82 Å². The van der Waals surface area contributed by atoms with Gasteiger partial charge in [-0.2, -0.15) is 0 Å². The molecule has 0 nitrogen and oxygen atoms in total. The van der Waals surface area contributed by atoms with Crippen molar-refractivity contribution < 1.29 is 13.2 Å². The second-order valence-electron chi connectivity index (χ2n) is 7.67. The number of allylic oxidation sites excluding steroid dienone is 1. The van der Waals surface area contributed by atoms with Crippen LogP contribution in [-0.2, 0) is 6.42 Å². The Bertz CT molecular complexity index is 815. The van der Waals surface area contributed by atoms with Gasteiger partial charge in [-0.3, -0.25) is 0 Å². The molecule has 0 heterocycles.